The molecule has 21 heteroatoms. The second-order valence-electron chi connectivity index (χ2n) is 27.0. The molecule has 2 saturated carbocycles. The van der Waals surface area contributed by atoms with E-state index in [1.54, 1.807) is 50.8 Å². The largest absolute Gasteiger partial charge is 0.390 e. The van der Waals surface area contributed by atoms with Crippen molar-refractivity contribution in [3.05, 3.63) is 192 Å². The van der Waals surface area contributed by atoms with Crippen LogP contribution in [-0.4, -0.2) is 148 Å². The molecule has 2 aliphatic heterocycles. The zero-order chi connectivity index (χ0) is 66.6. The van der Waals surface area contributed by atoms with E-state index in [0.717, 1.165) is 22.4 Å². The van der Waals surface area contributed by atoms with Gasteiger partial charge in [-0.25, -0.2) is 23.4 Å². The Kier molecular flexibility index (Phi) is 19.9. The Bertz CT molecular complexity index is 4220. The Labute approximate surface area is 559 Å². The molecule has 2 aliphatic carbocycles. The molecule has 13 rings (SSSR count). The van der Waals surface area contributed by atoms with Crippen molar-refractivity contribution in [3.63, 3.8) is 0 Å². The number of aliphatic hydroxyl groups is 4. The van der Waals surface area contributed by atoms with Crippen LogP contribution in [0.25, 0.3) is 22.3 Å². The monoisotopic (exact) mass is 1320 g/mol. The third-order valence-electron chi connectivity index (χ3n) is 20.7. The summed E-state index contributed by atoms with van der Waals surface area (Å²) in [5, 5.41) is 49.0. The summed E-state index contributed by atoms with van der Waals surface area (Å²) in [5.41, 5.74) is 8.12. The number of Topliss-reactive ketones (excluding diaryl/α,β-unsaturated/α-hetero) is 3. The summed E-state index contributed by atoms with van der Waals surface area (Å²) in [6, 6.07) is 46.7. The summed E-state index contributed by atoms with van der Waals surface area (Å²) in [4.78, 5) is 73.6. The molecular weight excluding hydrogens is 1230 g/mol. The quantitative estimate of drug-likeness (QED) is 0.0320. The fraction of sp³-hybridized carbons (Fsp3) is 0.427. The lowest BCUT2D eigenvalue weighted by Crippen LogP contribution is -2.30. The van der Waals surface area contributed by atoms with E-state index in [0.29, 0.717) is 131 Å². The van der Waals surface area contributed by atoms with Crippen LogP contribution in [0.3, 0.4) is 0 Å². The van der Waals surface area contributed by atoms with Crippen molar-refractivity contribution in [1.29, 1.82) is 0 Å². The van der Waals surface area contributed by atoms with Crippen LogP contribution in [0.2, 0.25) is 0 Å². The molecule has 0 unspecified atom stereocenters. The standard InChI is InChI=1S/C75H85N11O9S/c1-3-56(87)37-54-39-63(69(92)67(54)90)85-45-77-65-62(30-29-60(50-17-9-5-10-18-50)51-19-11-6-12-20-51)79-74(81-72(65)85)84-34-32-49(43-84)44-96(94,95)59-27-25-47(26-28-59)35-58(89)36-48-31-33-83(42-48)75-80-71(76-41-61(52-21-13-7-14-22-52)53-23-15-8-16-24-53)66-73(82-75)86(46-78-66)64-40-55(38-57(88)4-2)68(91)70(64)93/h5-28,45-46,48-49,54-55,60-61,63-64,67-70,90-93H,3-4,29-44H2,1-2H3,(H,76,80,82)/t48-,49+,54-,55-,63+,64+,67+,68+,69-,70-/m0/s1. The number of hydrogen-bond donors (Lipinski definition) is 5. The van der Waals surface area contributed by atoms with Crippen molar-refractivity contribution in [1.82, 2.24) is 39.0 Å². The normalized spacial score (nSPS) is 22.9. The number of aliphatic hydroxyl groups excluding tert-OH is 4. The average molecular weight is 1320 g/mol. The summed E-state index contributed by atoms with van der Waals surface area (Å²) >= 11 is 0. The lowest BCUT2D eigenvalue weighted by molar-refractivity contribution is -0.121. The number of ketones is 3. The first-order valence-corrected chi connectivity index (χ1v) is 35.7. The van der Waals surface area contributed by atoms with Crippen molar-refractivity contribution >= 4 is 67.2 Å². The Morgan fingerprint density at radius 1 is 0.542 bits per heavy atom. The topological polar surface area (TPSA) is 272 Å². The van der Waals surface area contributed by atoms with Gasteiger partial charge < -0.3 is 44.7 Å². The number of sulfone groups is 1. The second-order valence-corrected chi connectivity index (χ2v) is 29.0. The van der Waals surface area contributed by atoms with Gasteiger partial charge in [0.15, 0.2) is 32.5 Å². The number of fused-ring (bicyclic) bond motifs is 2. The number of rotatable bonds is 27. The number of imidazole rings is 2. The third kappa shape index (κ3) is 14.3. The van der Waals surface area contributed by atoms with Crippen molar-refractivity contribution in [3.8, 4) is 0 Å². The van der Waals surface area contributed by atoms with Crippen molar-refractivity contribution in [2.45, 2.75) is 144 Å². The summed E-state index contributed by atoms with van der Waals surface area (Å²) in [6.45, 7) is 6.08. The first kappa shape index (κ1) is 66.0. The molecular formula is C75H85N11O9S. The van der Waals surface area contributed by atoms with Crippen LogP contribution in [0.4, 0.5) is 17.7 Å². The molecule has 5 N–H and O–H groups in total. The molecule has 6 heterocycles. The number of nitrogens with one attached hydrogen (secondary N) is 1. The second kappa shape index (κ2) is 29.0. The number of benzene rings is 5. The number of carbonyl (C=O) groups is 3. The summed E-state index contributed by atoms with van der Waals surface area (Å²) < 4.78 is 32.2. The highest BCUT2D eigenvalue weighted by Crippen LogP contribution is 2.43. The van der Waals surface area contributed by atoms with Gasteiger partial charge in [-0.2, -0.15) is 15.0 Å². The molecule has 4 aliphatic rings. The van der Waals surface area contributed by atoms with E-state index >= 15 is 0 Å². The van der Waals surface area contributed by atoms with Crippen molar-refractivity contribution in [2.75, 3.05) is 53.6 Å². The smallest absolute Gasteiger partial charge is 0.229 e. The number of aromatic nitrogens is 8. The van der Waals surface area contributed by atoms with E-state index in [-0.39, 0.29) is 70.9 Å². The maximum atomic E-state index is 14.3. The molecule has 2 saturated heterocycles. The van der Waals surface area contributed by atoms with Gasteiger partial charge in [-0.05, 0) is 102 Å². The minimum absolute atomic E-state index is 0.00833. The minimum atomic E-state index is -3.77. The molecule has 0 bridgehead atoms. The fourth-order valence-corrected chi connectivity index (χ4v) is 16.9. The maximum absolute atomic E-state index is 14.3. The van der Waals surface area contributed by atoms with Crippen molar-refractivity contribution < 1.29 is 43.2 Å². The molecule has 0 radical (unpaired) electrons. The van der Waals surface area contributed by atoms with Gasteiger partial charge in [-0.1, -0.05) is 147 Å². The number of carbonyl (C=O) groups excluding carboxylic acids is 3. The third-order valence-corrected chi connectivity index (χ3v) is 22.6. The number of anilines is 3. The van der Waals surface area contributed by atoms with Crippen LogP contribution in [0, 0.1) is 23.7 Å². The molecule has 10 atom stereocenters. The average Bonchev–Trinajstić information content (AvgIpc) is 1.62. The van der Waals surface area contributed by atoms with Gasteiger partial charge in [-0.15, -0.1) is 0 Å². The number of aryl methyl sites for hydroxylation is 1. The molecule has 5 aromatic carbocycles. The minimum Gasteiger partial charge on any atom is -0.390 e. The molecule has 0 amide bonds. The van der Waals surface area contributed by atoms with E-state index in [1.165, 1.54) is 11.1 Å². The highest BCUT2D eigenvalue weighted by molar-refractivity contribution is 7.91. The zero-order valence-corrected chi connectivity index (χ0v) is 55.2. The van der Waals surface area contributed by atoms with E-state index in [9.17, 15) is 43.2 Å². The summed E-state index contributed by atoms with van der Waals surface area (Å²) in [5.74, 6) is 0.301. The van der Waals surface area contributed by atoms with Gasteiger partial charge >= 0.3 is 0 Å². The Hall–Kier alpha value is -8.60. The molecule has 20 nitrogen and oxygen atoms in total. The van der Waals surface area contributed by atoms with E-state index in [1.807, 2.05) is 86.8 Å². The van der Waals surface area contributed by atoms with Crippen LogP contribution >= 0.6 is 0 Å². The highest BCUT2D eigenvalue weighted by Gasteiger charge is 2.45. The summed E-state index contributed by atoms with van der Waals surface area (Å²) in [7, 11) is -3.77. The van der Waals surface area contributed by atoms with Crippen LogP contribution in [0.1, 0.15) is 135 Å². The van der Waals surface area contributed by atoms with Gasteiger partial charge in [0, 0.05) is 83.1 Å². The lowest BCUT2D eigenvalue weighted by Gasteiger charge is -2.22. The van der Waals surface area contributed by atoms with Crippen LogP contribution in [0.5, 0.6) is 0 Å². The van der Waals surface area contributed by atoms with E-state index < -0.39 is 58.2 Å². The molecule has 9 aromatic rings. The fourth-order valence-electron chi connectivity index (χ4n) is 15.3. The molecule has 96 heavy (non-hydrogen) atoms. The predicted molar refractivity (Wildman–Crippen MR) is 368 cm³/mol. The highest BCUT2D eigenvalue weighted by atomic mass is 32.2. The number of nitrogens with zero attached hydrogens (tertiary/aromatic N) is 10. The van der Waals surface area contributed by atoms with Gasteiger partial charge in [0.25, 0.3) is 0 Å². The molecule has 4 fully saturated rings. The van der Waals surface area contributed by atoms with Gasteiger partial charge in [0.1, 0.15) is 35.1 Å². The zero-order valence-electron chi connectivity index (χ0n) is 54.4. The van der Waals surface area contributed by atoms with Crippen LogP contribution in [-0.2, 0) is 37.1 Å². The SMILES string of the molecule is CCC(=O)C[C@H]1C[C@@H](n2cnc3c(CCC(c4ccccc4)c4ccccc4)nc(N4CC[C@@H](CS(=O)(=O)c5ccc(CC(=O)C[C@@H]6CCN(c7nc(NCC(c8ccccc8)c8ccccc8)c8ncn([C@@H]9C[C@H](CC(=O)CC)[C@@H](O)[C@H]9O)c8n7)C6)cc5)C4)nc32)[C@H](O)[C@@H]1O. The van der Waals surface area contributed by atoms with Gasteiger partial charge in [0.2, 0.25) is 11.9 Å². The first-order chi connectivity index (χ1) is 46.6. The van der Waals surface area contributed by atoms with E-state index in [4.69, 9.17) is 29.9 Å². The van der Waals surface area contributed by atoms with Gasteiger partial charge in [0.05, 0.1) is 53.3 Å². The molecule has 0 spiro atoms. The summed E-state index contributed by atoms with van der Waals surface area (Å²) in [6.07, 6.45) is 3.55. The molecule has 500 valence electrons. The lowest BCUT2D eigenvalue weighted by atomic mass is 9.87. The van der Waals surface area contributed by atoms with Crippen LogP contribution in [0.15, 0.2) is 163 Å². The maximum Gasteiger partial charge on any atom is 0.229 e. The predicted octanol–water partition coefficient (Wildman–Crippen LogP) is 9.61. The Balaban J connectivity index is 0.678. The van der Waals surface area contributed by atoms with E-state index in [2.05, 4.69) is 58.7 Å². The molecule has 4 aromatic heterocycles. The van der Waals surface area contributed by atoms with Crippen LogP contribution < -0.4 is 15.1 Å². The van der Waals surface area contributed by atoms with Crippen molar-refractivity contribution in [2.24, 2.45) is 23.7 Å². The van der Waals surface area contributed by atoms with Gasteiger partial charge in [-0.3, -0.25) is 14.4 Å². The Morgan fingerprint density at radius 2 is 1.01 bits per heavy atom. The number of hydrogen-bond acceptors (Lipinski definition) is 18. The Morgan fingerprint density at radius 3 is 1.53 bits per heavy atom. The first-order valence-electron chi connectivity index (χ1n) is 34.1.